The fourth-order valence-electron chi connectivity index (χ4n) is 4.45. The first kappa shape index (κ1) is 23.7. The van der Waals surface area contributed by atoms with Crippen LogP contribution in [0.25, 0.3) is 11.0 Å². The molecule has 11 heteroatoms. The molecule has 0 bridgehead atoms. The smallest absolute Gasteiger partial charge is 0.297 e. The van der Waals surface area contributed by atoms with Crippen LogP contribution in [0.1, 0.15) is 58.4 Å². The van der Waals surface area contributed by atoms with Crippen LogP contribution in [-0.2, 0) is 25.8 Å². The summed E-state index contributed by atoms with van der Waals surface area (Å²) in [4.78, 5) is 47.7. The van der Waals surface area contributed by atoms with Crippen LogP contribution in [0.3, 0.4) is 0 Å². The molecule has 34 heavy (non-hydrogen) atoms. The van der Waals surface area contributed by atoms with Gasteiger partial charge in [-0.25, -0.2) is 9.67 Å². The van der Waals surface area contributed by atoms with Crippen molar-refractivity contribution in [2.75, 3.05) is 18.4 Å². The Kier molecular flexibility index (Phi) is 6.80. The van der Waals surface area contributed by atoms with Gasteiger partial charge in [-0.3, -0.25) is 14.4 Å². The van der Waals surface area contributed by atoms with Gasteiger partial charge >= 0.3 is 0 Å². The zero-order valence-corrected chi connectivity index (χ0v) is 19.8. The Hall–Kier alpha value is -3.50. The number of aryl methyl sites for hydroxylation is 1. The Morgan fingerprint density at radius 3 is 2.41 bits per heavy atom. The van der Waals surface area contributed by atoms with E-state index in [1.54, 1.807) is 30.9 Å². The minimum absolute atomic E-state index is 0.0302. The van der Waals surface area contributed by atoms with Gasteiger partial charge in [0.25, 0.3) is 17.4 Å². The fraction of sp³-hybridized carbons (Fsp3) is 0.565. The second kappa shape index (κ2) is 9.78. The molecule has 4 rings (SSSR count). The Balaban J connectivity index is 1.72. The molecule has 0 saturated heterocycles. The van der Waals surface area contributed by atoms with Crippen molar-refractivity contribution < 1.29 is 19.2 Å². The molecule has 0 spiro atoms. The number of carbonyl (C=O) groups is 3. The average molecular weight is 470 g/mol. The number of nitrogens with zero attached hydrogens (tertiary/aromatic N) is 4. The van der Waals surface area contributed by atoms with Crippen molar-refractivity contribution in [1.82, 2.24) is 25.4 Å². The van der Waals surface area contributed by atoms with Gasteiger partial charge in [-0.15, -0.1) is 0 Å². The monoisotopic (exact) mass is 469 g/mol. The number of likely N-dealkylation sites (N-methyl/N-ethyl adjacent to an activating group) is 2. The van der Waals surface area contributed by atoms with Crippen LogP contribution in [0.2, 0.25) is 0 Å². The quantitative estimate of drug-likeness (QED) is 0.498. The molecule has 0 unspecified atom stereocenters. The molecular formula is C23H31N7O4. The standard InChI is InChI=1S/C23H31N7O4/c1-4-24-21(32)23(22(33)25-5-2)11-18(29-34-23)16-12-26-20-17(13-27-30(20)6-3)19(16)28-14-7-9-15(31)10-8-14/h12-14H,4-11H2,1-3H3,(H,24,32)(H,25,33)(H,26,28). The van der Waals surface area contributed by atoms with Gasteiger partial charge in [0.2, 0.25) is 0 Å². The van der Waals surface area contributed by atoms with E-state index in [0.717, 1.165) is 29.6 Å². The second-order valence-electron chi connectivity index (χ2n) is 8.55. The number of carbonyl (C=O) groups excluding carboxylic acids is 3. The number of aromatic nitrogens is 3. The van der Waals surface area contributed by atoms with Crippen LogP contribution in [0, 0.1) is 0 Å². The van der Waals surface area contributed by atoms with Crippen LogP contribution in [0.5, 0.6) is 0 Å². The van der Waals surface area contributed by atoms with Gasteiger partial charge in [-0.1, -0.05) is 5.16 Å². The van der Waals surface area contributed by atoms with Gasteiger partial charge in [0.1, 0.15) is 5.78 Å². The summed E-state index contributed by atoms with van der Waals surface area (Å²) >= 11 is 0. The zero-order chi connectivity index (χ0) is 24.3. The largest absolute Gasteiger partial charge is 0.381 e. The maximum Gasteiger partial charge on any atom is 0.297 e. The maximum atomic E-state index is 12.9. The number of nitrogens with one attached hydrogen (secondary N) is 3. The van der Waals surface area contributed by atoms with E-state index in [1.807, 2.05) is 6.92 Å². The highest BCUT2D eigenvalue weighted by Gasteiger charge is 2.53. The van der Waals surface area contributed by atoms with Crippen LogP contribution >= 0.6 is 0 Å². The van der Waals surface area contributed by atoms with E-state index in [1.165, 1.54) is 0 Å². The minimum atomic E-state index is -1.78. The first-order valence-corrected chi connectivity index (χ1v) is 11.9. The summed E-state index contributed by atoms with van der Waals surface area (Å²) in [6, 6.07) is 0.103. The molecule has 3 N–H and O–H groups in total. The van der Waals surface area contributed by atoms with E-state index < -0.39 is 17.4 Å². The van der Waals surface area contributed by atoms with Gasteiger partial charge in [-0.05, 0) is 33.6 Å². The summed E-state index contributed by atoms with van der Waals surface area (Å²) in [5.74, 6) is -0.792. The van der Waals surface area contributed by atoms with Gasteiger partial charge in [0.15, 0.2) is 5.65 Å². The van der Waals surface area contributed by atoms with Gasteiger partial charge in [-0.2, -0.15) is 5.10 Å². The van der Waals surface area contributed by atoms with Crippen molar-refractivity contribution in [2.24, 2.45) is 5.16 Å². The third-order valence-electron chi connectivity index (χ3n) is 6.30. The van der Waals surface area contributed by atoms with Gasteiger partial charge in [0, 0.05) is 50.3 Å². The normalized spacial score (nSPS) is 17.9. The molecule has 1 aliphatic carbocycles. The molecule has 0 radical (unpaired) electrons. The third-order valence-corrected chi connectivity index (χ3v) is 6.30. The van der Waals surface area contributed by atoms with Gasteiger partial charge < -0.3 is 20.8 Å². The topological polar surface area (TPSA) is 140 Å². The fourth-order valence-corrected chi connectivity index (χ4v) is 4.45. The first-order valence-electron chi connectivity index (χ1n) is 11.9. The molecule has 2 aliphatic rings. The van der Waals surface area contributed by atoms with E-state index in [0.29, 0.717) is 43.8 Å². The molecule has 2 aromatic rings. The van der Waals surface area contributed by atoms with E-state index in [9.17, 15) is 14.4 Å². The molecule has 2 aromatic heterocycles. The highest BCUT2D eigenvalue weighted by molar-refractivity contribution is 6.18. The van der Waals surface area contributed by atoms with Crippen molar-refractivity contribution in [3.63, 3.8) is 0 Å². The molecule has 2 amide bonds. The van der Waals surface area contributed by atoms with Crippen molar-refractivity contribution in [3.8, 4) is 0 Å². The van der Waals surface area contributed by atoms with Crippen LogP contribution in [0.15, 0.2) is 17.5 Å². The van der Waals surface area contributed by atoms with E-state index in [4.69, 9.17) is 4.84 Å². The number of oxime groups is 1. The molecule has 182 valence electrons. The Bertz CT molecular complexity index is 1110. The van der Waals surface area contributed by atoms with E-state index in [-0.39, 0.29) is 18.2 Å². The predicted octanol–water partition coefficient (Wildman–Crippen LogP) is 1.51. The summed E-state index contributed by atoms with van der Waals surface area (Å²) in [6.07, 6.45) is 5.94. The summed E-state index contributed by atoms with van der Waals surface area (Å²) in [5.41, 5.74) is 0.812. The van der Waals surface area contributed by atoms with Crippen molar-refractivity contribution in [3.05, 3.63) is 18.0 Å². The third kappa shape index (κ3) is 4.22. The number of amides is 2. The average Bonchev–Trinajstić information content (AvgIpc) is 3.46. The lowest BCUT2D eigenvalue weighted by Crippen LogP contribution is -2.57. The summed E-state index contributed by atoms with van der Waals surface area (Å²) in [7, 11) is 0. The predicted molar refractivity (Wildman–Crippen MR) is 126 cm³/mol. The number of fused-ring (bicyclic) bond motifs is 1. The Labute approximate surface area is 197 Å². The highest BCUT2D eigenvalue weighted by Crippen LogP contribution is 2.35. The zero-order valence-electron chi connectivity index (χ0n) is 19.8. The first-order chi connectivity index (χ1) is 16.4. The molecule has 1 aliphatic heterocycles. The lowest BCUT2D eigenvalue weighted by atomic mass is 9.90. The maximum absolute atomic E-state index is 12.9. The lowest BCUT2D eigenvalue weighted by molar-refractivity contribution is -0.157. The number of anilines is 1. The summed E-state index contributed by atoms with van der Waals surface area (Å²) in [6.45, 7) is 6.92. The van der Waals surface area contributed by atoms with Crippen molar-refractivity contribution in [2.45, 2.75) is 71.1 Å². The summed E-state index contributed by atoms with van der Waals surface area (Å²) in [5, 5.41) is 18.4. The molecule has 0 aromatic carbocycles. The minimum Gasteiger partial charge on any atom is -0.381 e. The number of ketones is 1. The lowest BCUT2D eigenvalue weighted by Gasteiger charge is -2.25. The molecule has 1 saturated carbocycles. The molecule has 11 nitrogen and oxygen atoms in total. The SMILES string of the molecule is CCNC(=O)C1(C(=O)NCC)CC(c2cnc3c(cnn3CC)c2NC2CCC(=O)CC2)=NO1. The van der Waals surface area contributed by atoms with Crippen LogP contribution in [0.4, 0.5) is 5.69 Å². The van der Waals surface area contributed by atoms with Crippen molar-refractivity contribution >= 4 is 40.0 Å². The van der Waals surface area contributed by atoms with E-state index >= 15 is 0 Å². The molecule has 1 fully saturated rings. The Morgan fingerprint density at radius 1 is 1.12 bits per heavy atom. The van der Waals surface area contributed by atoms with E-state index in [2.05, 4.69) is 31.2 Å². The van der Waals surface area contributed by atoms with Crippen LogP contribution in [-0.4, -0.2) is 62.8 Å². The number of hydrogen-bond donors (Lipinski definition) is 3. The molecule has 3 heterocycles. The number of rotatable bonds is 8. The summed E-state index contributed by atoms with van der Waals surface area (Å²) < 4.78 is 1.80. The molecular weight excluding hydrogens is 438 g/mol. The molecule has 0 atom stereocenters. The van der Waals surface area contributed by atoms with Crippen LogP contribution < -0.4 is 16.0 Å². The second-order valence-corrected chi connectivity index (χ2v) is 8.55. The number of Topliss-reactive ketones (excluding diaryl/α,β-unsaturated/α-hetero) is 1. The van der Waals surface area contributed by atoms with Gasteiger partial charge in [0.05, 0.1) is 29.4 Å². The number of pyridine rings is 1. The highest BCUT2D eigenvalue weighted by atomic mass is 16.7. The number of hydrogen-bond acceptors (Lipinski definition) is 8. The Morgan fingerprint density at radius 2 is 1.79 bits per heavy atom. The van der Waals surface area contributed by atoms with Crippen molar-refractivity contribution in [1.29, 1.82) is 0 Å².